The summed E-state index contributed by atoms with van der Waals surface area (Å²) in [5.74, 6) is -0.169. The molecule has 1 aliphatic rings. The molecule has 0 aromatic heterocycles. The lowest BCUT2D eigenvalue weighted by Crippen LogP contribution is -1.83. The van der Waals surface area contributed by atoms with E-state index in [2.05, 4.69) is 22.0 Å². The van der Waals surface area contributed by atoms with Crippen LogP contribution in [0.15, 0.2) is 28.7 Å². The molecule has 13 heavy (non-hydrogen) atoms. The van der Waals surface area contributed by atoms with E-state index < -0.39 is 0 Å². The predicted octanol–water partition coefficient (Wildman–Crippen LogP) is 4.16. The standard InChI is InChI=1S/C11H10BrF/c12-10-5-9(6-11(13)7-10)8-3-1-2-4-8/h3,5-7H,1-2,4H2. The van der Waals surface area contributed by atoms with Gasteiger partial charge in [-0.05, 0) is 48.6 Å². The summed E-state index contributed by atoms with van der Waals surface area (Å²) in [4.78, 5) is 0. The van der Waals surface area contributed by atoms with E-state index >= 15 is 0 Å². The van der Waals surface area contributed by atoms with Crippen molar-refractivity contribution in [1.82, 2.24) is 0 Å². The molecule has 1 aromatic rings. The van der Waals surface area contributed by atoms with Crippen molar-refractivity contribution in [3.05, 3.63) is 40.1 Å². The highest BCUT2D eigenvalue weighted by atomic mass is 79.9. The van der Waals surface area contributed by atoms with Gasteiger partial charge < -0.3 is 0 Å². The van der Waals surface area contributed by atoms with Crippen molar-refractivity contribution in [2.75, 3.05) is 0 Å². The molecule has 1 aliphatic carbocycles. The molecule has 0 unspecified atom stereocenters. The maximum absolute atomic E-state index is 13.0. The van der Waals surface area contributed by atoms with Crippen LogP contribution in [-0.2, 0) is 0 Å². The Labute approximate surface area is 85.6 Å². The lowest BCUT2D eigenvalue weighted by atomic mass is 10.1. The minimum absolute atomic E-state index is 0.169. The quantitative estimate of drug-likeness (QED) is 0.692. The Bertz CT molecular complexity index is 335. The summed E-state index contributed by atoms with van der Waals surface area (Å²) in [5, 5.41) is 0. The van der Waals surface area contributed by atoms with E-state index in [0.717, 1.165) is 22.9 Å². The first-order valence-corrected chi connectivity index (χ1v) is 5.20. The lowest BCUT2D eigenvalue weighted by molar-refractivity contribution is 0.626. The van der Waals surface area contributed by atoms with Crippen molar-refractivity contribution in [3.63, 3.8) is 0 Å². The summed E-state index contributed by atoms with van der Waals surface area (Å²) in [6, 6.07) is 5.06. The molecule has 0 amide bonds. The van der Waals surface area contributed by atoms with Crippen molar-refractivity contribution < 1.29 is 4.39 Å². The summed E-state index contributed by atoms with van der Waals surface area (Å²) in [6.07, 6.45) is 5.60. The Balaban J connectivity index is 2.39. The summed E-state index contributed by atoms with van der Waals surface area (Å²) < 4.78 is 13.8. The topological polar surface area (TPSA) is 0 Å². The Kier molecular flexibility index (Phi) is 2.49. The SMILES string of the molecule is Fc1cc(Br)cc(C2=CCCC2)c1. The van der Waals surface area contributed by atoms with Crippen LogP contribution in [0, 0.1) is 5.82 Å². The van der Waals surface area contributed by atoms with E-state index in [1.54, 1.807) is 6.07 Å². The highest BCUT2D eigenvalue weighted by Gasteiger charge is 2.08. The highest BCUT2D eigenvalue weighted by Crippen LogP contribution is 2.29. The number of halogens is 2. The van der Waals surface area contributed by atoms with Crippen LogP contribution in [0.3, 0.4) is 0 Å². The molecule has 1 aromatic carbocycles. The molecule has 0 saturated heterocycles. The summed E-state index contributed by atoms with van der Waals surface area (Å²) in [7, 11) is 0. The molecular weight excluding hydrogens is 231 g/mol. The van der Waals surface area contributed by atoms with Gasteiger partial charge in [-0.3, -0.25) is 0 Å². The van der Waals surface area contributed by atoms with E-state index in [1.807, 2.05) is 6.07 Å². The summed E-state index contributed by atoms with van der Waals surface area (Å²) in [5.41, 5.74) is 2.30. The number of rotatable bonds is 1. The van der Waals surface area contributed by atoms with Gasteiger partial charge >= 0.3 is 0 Å². The van der Waals surface area contributed by atoms with Gasteiger partial charge in [-0.1, -0.05) is 22.0 Å². The second-order valence-electron chi connectivity index (χ2n) is 3.28. The zero-order valence-corrected chi connectivity index (χ0v) is 8.77. The molecule has 2 rings (SSSR count). The normalized spacial score (nSPS) is 16.0. The lowest BCUT2D eigenvalue weighted by Gasteiger charge is -2.02. The highest BCUT2D eigenvalue weighted by molar-refractivity contribution is 9.10. The van der Waals surface area contributed by atoms with Crippen LogP contribution in [0.2, 0.25) is 0 Å². The average Bonchev–Trinajstić information content (AvgIpc) is 2.53. The zero-order chi connectivity index (χ0) is 9.26. The van der Waals surface area contributed by atoms with Crippen LogP contribution in [0.5, 0.6) is 0 Å². The van der Waals surface area contributed by atoms with Crippen LogP contribution in [0.25, 0.3) is 5.57 Å². The van der Waals surface area contributed by atoms with Gasteiger partial charge in [0.1, 0.15) is 5.82 Å². The van der Waals surface area contributed by atoms with Crippen molar-refractivity contribution in [2.45, 2.75) is 19.3 Å². The van der Waals surface area contributed by atoms with Gasteiger partial charge in [0.05, 0.1) is 0 Å². The van der Waals surface area contributed by atoms with Gasteiger partial charge in [-0.2, -0.15) is 0 Å². The molecule has 0 aliphatic heterocycles. The molecule has 0 N–H and O–H groups in total. The monoisotopic (exact) mass is 240 g/mol. The first-order valence-electron chi connectivity index (χ1n) is 4.41. The predicted molar refractivity (Wildman–Crippen MR) is 55.9 cm³/mol. The average molecular weight is 241 g/mol. The van der Waals surface area contributed by atoms with Crippen LogP contribution in [0.1, 0.15) is 24.8 Å². The van der Waals surface area contributed by atoms with Crippen molar-refractivity contribution in [2.24, 2.45) is 0 Å². The summed E-state index contributed by atoms with van der Waals surface area (Å²) in [6.45, 7) is 0. The second kappa shape index (κ2) is 3.62. The molecule has 0 spiro atoms. The zero-order valence-electron chi connectivity index (χ0n) is 7.19. The number of hydrogen-bond donors (Lipinski definition) is 0. The number of hydrogen-bond acceptors (Lipinski definition) is 0. The van der Waals surface area contributed by atoms with E-state index in [1.165, 1.54) is 18.1 Å². The van der Waals surface area contributed by atoms with Crippen LogP contribution in [0.4, 0.5) is 4.39 Å². The molecule has 0 atom stereocenters. The first-order chi connectivity index (χ1) is 6.25. The fourth-order valence-corrected chi connectivity index (χ4v) is 2.14. The molecule has 0 radical (unpaired) electrons. The van der Waals surface area contributed by atoms with Crippen molar-refractivity contribution in [1.29, 1.82) is 0 Å². The van der Waals surface area contributed by atoms with Crippen LogP contribution >= 0.6 is 15.9 Å². The minimum Gasteiger partial charge on any atom is -0.207 e. The minimum atomic E-state index is -0.169. The number of benzene rings is 1. The second-order valence-corrected chi connectivity index (χ2v) is 4.20. The Hall–Kier alpha value is -0.630. The fourth-order valence-electron chi connectivity index (χ4n) is 1.67. The van der Waals surface area contributed by atoms with Gasteiger partial charge in [0.25, 0.3) is 0 Å². The van der Waals surface area contributed by atoms with E-state index in [4.69, 9.17) is 0 Å². The molecule has 0 fully saturated rings. The molecule has 68 valence electrons. The van der Waals surface area contributed by atoms with Crippen LogP contribution < -0.4 is 0 Å². The molecule has 2 heteroatoms. The molecular formula is C11H10BrF. The largest absolute Gasteiger partial charge is 0.207 e. The molecule has 0 heterocycles. The third kappa shape index (κ3) is 1.99. The Morgan fingerprint density at radius 1 is 1.23 bits per heavy atom. The van der Waals surface area contributed by atoms with Crippen LogP contribution in [-0.4, -0.2) is 0 Å². The van der Waals surface area contributed by atoms with Gasteiger partial charge in [0, 0.05) is 4.47 Å². The maximum Gasteiger partial charge on any atom is 0.124 e. The smallest absolute Gasteiger partial charge is 0.124 e. The van der Waals surface area contributed by atoms with Gasteiger partial charge in [0.2, 0.25) is 0 Å². The van der Waals surface area contributed by atoms with E-state index in [0.29, 0.717) is 0 Å². The van der Waals surface area contributed by atoms with Gasteiger partial charge in [-0.15, -0.1) is 0 Å². The maximum atomic E-state index is 13.0. The van der Waals surface area contributed by atoms with Crippen molar-refractivity contribution in [3.8, 4) is 0 Å². The van der Waals surface area contributed by atoms with E-state index in [9.17, 15) is 4.39 Å². The third-order valence-corrected chi connectivity index (χ3v) is 2.73. The Morgan fingerprint density at radius 2 is 2.08 bits per heavy atom. The fraction of sp³-hybridized carbons (Fsp3) is 0.273. The van der Waals surface area contributed by atoms with Crippen molar-refractivity contribution >= 4 is 21.5 Å². The molecule has 0 saturated carbocycles. The number of allylic oxidation sites excluding steroid dienone is 2. The Morgan fingerprint density at radius 3 is 2.69 bits per heavy atom. The third-order valence-electron chi connectivity index (χ3n) is 2.27. The van der Waals surface area contributed by atoms with Gasteiger partial charge in [-0.25, -0.2) is 4.39 Å². The van der Waals surface area contributed by atoms with Gasteiger partial charge in [0.15, 0.2) is 0 Å². The first kappa shape index (κ1) is 8.95. The molecule has 0 nitrogen and oxygen atoms in total. The molecule has 0 bridgehead atoms. The van der Waals surface area contributed by atoms with E-state index in [-0.39, 0.29) is 5.82 Å². The summed E-state index contributed by atoms with van der Waals surface area (Å²) >= 11 is 3.29.